The van der Waals surface area contributed by atoms with Crippen molar-refractivity contribution in [1.29, 1.82) is 0 Å². The Morgan fingerprint density at radius 2 is 1.59 bits per heavy atom. The highest BCUT2D eigenvalue weighted by atomic mass is 35.5. The number of nitrogens with one attached hydrogen (secondary N) is 1. The molecule has 0 saturated carbocycles. The number of halogens is 5. The Bertz CT molecular complexity index is 522. The molecule has 0 aliphatic carbocycles. The molecule has 4 nitrogen and oxygen atoms in total. The first-order valence-corrected chi connectivity index (χ1v) is 6.12. The Morgan fingerprint density at radius 3 is 1.88 bits per heavy atom. The Labute approximate surface area is 104 Å². The molecule has 17 heavy (non-hydrogen) atoms. The molecule has 3 N–H and O–H groups in total. The normalized spacial score (nSPS) is 12.6. The van der Waals surface area contributed by atoms with Gasteiger partial charge in [0.25, 0.3) is 9.84 Å². The molecule has 0 heterocycles. The third kappa shape index (κ3) is 2.59. The number of alkyl halides is 3. The molecule has 10 heteroatoms. The topological polar surface area (TPSA) is 72.2 Å². The maximum Gasteiger partial charge on any atom is 0.501 e. The van der Waals surface area contributed by atoms with E-state index in [0.717, 1.165) is 0 Å². The molecule has 0 saturated heterocycles. The SMILES string of the molecule is NNc1c(Cl)cc(S(=O)(=O)C(F)(F)F)cc1Cl. The fraction of sp³-hybridized carbons (Fsp3) is 0.143. The highest BCUT2D eigenvalue weighted by Crippen LogP contribution is 2.37. The van der Waals surface area contributed by atoms with Crippen molar-refractivity contribution >= 4 is 38.7 Å². The molecule has 0 atom stereocenters. The van der Waals surface area contributed by atoms with Gasteiger partial charge < -0.3 is 5.43 Å². The van der Waals surface area contributed by atoms with E-state index in [9.17, 15) is 21.6 Å². The predicted octanol–water partition coefficient (Wildman–Crippen LogP) is 2.57. The van der Waals surface area contributed by atoms with Crippen LogP contribution < -0.4 is 11.3 Å². The van der Waals surface area contributed by atoms with E-state index < -0.39 is 20.2 Å². The van der Waals surface area contributed by atoms with Crippen LogP contribution in [-0.2, 0) is 9.84 Å². The minimum absolute atomic E-state index is 0.0607. The second-order valence-electron chi connectivity index (χ2n) is 2.86. The van der Waals surface area contributed by atoms with Crippen LogP contribution in [0.3, 0.4) is 0 Å². The van der Waals surface area contributed by atoms with Gasteiger partial charge in [-0.25, -0.2) is 8.42 Å². The van der Waals surface area contributed by atoms with Gasteiger partial charge in [0.2, 0.25) is 0 Å². The lowest BCUT2D eigenvalue weighted by molar-refractivity contribution is -0.0435. The fourth-order valence-corrected chi connectivity index (χ4v) is 2.52. The van der Waals surface area contributed by atoms with Crippen LogP contribution in [0.2, 0.25) is 10.0 Å². The van der Waals surface area contributed by atoms with E-state index in [1.54, 1.807) is 0 Å². The smallest absolute Gasteiger partial charge is 0.321 e. The van der Waals surface area contributed by atoms with Crippen molar-refractivity contribution in [3.05, 3.63) is 22.2 Å². The number of nitrogens with two attached hydrogens (primary N) is 1. The maximum absolute atomic E-state index is 12.3. The predicted molar refractivity (Wildman–Crippen MR) is 57.5 cm³/mol. The highest BCUT2D eigenvalue weighted by Gasteiger charge is 2.47. The summed E-state index contributed by atoms with van der Waals surface area (Å²) in [5.74, 6) is 5.01. The number of anilines is 1. The molecule has 0 aliphatic rings. The lowest BCUT2D eigenvalue weighted by Gasteiger charge is -2.11. The van der Waals surface area contributed by atoms with Gasteiger partial charge in [-0.15, -0.1) is 0 Å². The van der Waals surface area contributed by atoms with E-state index in [1.165, 1.54) is 0 Å². The van der Waals surface area contributed by atoms with Crippen LogP contribution in [0.5, 0.6) is 0 Å². The van der Waals surface area contributed by atoms with Gasteiger partial charge in [-0.3, -0.25) is 5.84 Å². The summed E-state index contributed by atoms with van der Waals surface area (Å²) in [6.45, 7) is 0. The number of rotatable bonds is 2. The molecule has 1 rings (SSSR count). The van der Waals surface area contributed by atoms with Gasteiger partial charge in [0.1, 0.15) is 0 Å². The van der Waals surface area contributed by atoms with Crippen LogP contribution in [-0.4, -0.2) is 13.9 Å². The van der Waals surface area contributed by atoms with Gasteiger partial charge >= 0.3 is 5.51 Å². The van der Waals surface area contributed by atoms with E-state index in [1.807, 2.05) is 5.43 Å². The number of hydrogen-bond acceptors (Lipinski definition) is 4. The first-order valence-electron chi connectivity index (χ1n) is 3.88. The van der Waals surface area contributed by atoms with Gasteiger partial charge in [-0.05, 0) is 12.1 Å². The Hall–Kier alpha value is -0.700. The summed E-state index contributed by atoms with van der Waals surface area (Å²) in [5.41, 5.74) is -3.44. The molecule has 0 aliphatic heterocycles. The van der Waals surface area contributed by atoms with Crippen LogP contribution in [0.15, 0.2) is 17.0 Å². The highest BCUT2D eigenvalue weighted by molar-refractivity contribution is 7.92. The second-order valence-corrected chi connectivity index (χ2v) is 5.61. The van der Waals surface area contributed by atoms with Crippen LogP contribution in [0, 0.1) is 0 Å². The Morgan fingerprint density at radius 1 is 1.18 bits per heavy atom. The van der Waals surface area contributed by atoms with Gasteiger partial charge in [0, 0.05) is 0 Å². The van der Waals surface area contributed by atoms with Crippen molar-refractivity contribution in [2.45, 2.75) is 10.4 Å². The molecule has 0 bridgehead atoms. The fourth-order valence-electron chi connectivity index (χ4n) is 0.977. The maximum atomic E-state index is 12.3. The van der Waals surface area contributed by atoms with Crippen molar-refractivity contribution in [2.75, 3.05) is 5.43 Å². The molecule has 0 fully saturated rings. The van der Waals surface area contributed by atoms with E-state index >= 15 is 0 Å². The third-order valence-corrected chi connectivity index (χ3v) is 3.84. The summed E-state index contributed by atoms with van der Waals surface area (Å²) < 4.78 is 58.9. The lowest BCUT2D eigenvalue weighted by atomic mass is 10.3. The molecule has 0 spiro atoms. The standard InChI is InChI=1S/C7H5Cl2F3N2O2S/c8-4-1-3(2-5(9)6(4)14-13)17(15,16)7(10,11)12/h1-2,14H,13H2. The van der Waals surface area contributed by atoms with Crippen molar-refractivity contribution in [2.24, 2.45) is 5.84 Å². The Kier molecular flexibility index (Phi) is 3.82. The van der Waals surface area contributed by atoms with E-state index in [-0.39, 0.29) is 15.7 Å². The molecule has 1 aromatic carbocycles. The molecule has 0 aromatic heterocycles. The molecule has 0 radical (unpaired) electrons. The summed E-state index contributed by atoms with van der Waals surface area (Å²) in [5, 5.41) is -0.661. The monoisotopic (exact) mass is 308 g/mol. The Balaban J connectivity index is 3.47. The summed E-state index contributed by atoms with van der Waals surface area (Å²) in [6, 6.07) is 1.23. The van der Waals surface area contributed by atoms with Crippen molar-refractivity contribution in [3.63, 3.8) is 0 Å². The molecule has 96 valence electrons. The van der Waals surface area contributed by atoms with Crippen LogP contribution in [0.25, 0.3) is 0 Å². The molecule has 1 aromatic rings. The van der Waals surface area contributed by atoms with Crippen LogP contribution >= 0.6 is 23.2 Å². The summed E-state index contributed by atoms with van der Waals surface area (Å²) in [6.07, 6.45) is 0. The summed E-state index contributed by atoms with van der Waals surface area (Å²) in [7, 11) is -5.48. The van der Waals surface area contributed by atoms with Crippen LogP contribution in [0.1, 0.15) is 0 Å². The zero-order valence-corrected chi connectivity index (χ0v) is 10.2. The average molecular weight is 309 g/mol. The average Bonchev–Trinajstić information content (AvgIpc) is 2.15. The molecule has 0 amide bonds. The second kappa shape index (κ2) is 4.52. The van der Waals surface area contributed by atoms with E-state index in [0.29, 0.717) is 12.1 Å². The van der Waals surface area contributed by atoms with Gasteiger partial charge in [0.15, 0.2) is 0 Å². The molecular formula is C7H5Cl2F3N2O2S. The van der Waals surface area contributed by atoms with Gasteiger partial charge in [-0.1, -0.05) is 23.2 Å². The van der Waals surface area contributed by atoms with Crippen molar-refractivity contribution in [3.8, 4) is 0 Å². The van der Waals surface area contributed by atoms with Crippen molar-refractivity contribution in [1.82, 2.24) is 0 Å². The number of hydrogen-bond donors (Lipinski definition) is 2. The minimum atomic E-state index is -5.48. The first kappa shape index (κ1) is 14.4. The number of nitrogen functional groups attached to an aromatic ring is 1. The number of hydrazine groups is 1. The van der Waals surface area contributed by atoms with Gasteiger partial charge in [-0.2, -0.15) is 13.2 Å². The number of benzene rings is 1. The van der Waals surface area contributed by atoms with Crippen LogP contribution in [0.4, 0.5) is 18.9 Å². The van der Waals surface area contributed by atoms with E-state index in [2.05, 4.69) is 0 Å². The first-order chi connectivity index (χ1) is 7.61. The third-order valence-electron chi connectivity index (χ3n) is 1.77. The summed E-state index contributed by atoms with van der Waals surface area (Å²) in [4.78, 5) is -1.04. The number of sulfone groups is 1. The zero-order chi connectivity index (χ0) is 13.4. The zero-order valence-electron chi connectivity index (χ0n) is 7.85. The van der Waals surface area contributed by atoms with E-state index in [4.69, 9.17) is 29.0 Å². The summed E-state index contributed by atoms with van der Waals surface area (Å²) >= 11 is 11.1. The minimum Gasteiger partial charge on any atom is -0.321 e. The molecule has 0 unspecified atom stereocenters. The quantitative estimate of drug-likeness (QED) is 0.650. The lowest BCUT2D eigenvalue weighted by Crippen LogP contribution is -2.23. The largest absolute Gasteiger partial charge is 0.501 e. The molecular weight excluding hydrogens is 304 g/mol. The van der Waals surface area contributed by atoms with Crippen molar-refractivity contribution < 1.29 is 21.6 Å². The van der Waals surface area contributed by atoms with Gasteiger partial charge in [0.05, 0.1) is 20.6 Å².